The average Bonchev–Trinajstić information content (AvgIpc) is 2.52. The van der Waals surface area contributed by atoms with Crippen molar-refractivity contribution in [2.24, 2.45) is 5.73 Å². The van der Waals surface area contributed by atoms with Crippen LogP contribution in [0.1, 0.15) is 29.7 Å². The average molecular weight is 285 g/mol. The Morgan fingerprint density at radius 1 is 1.14 bits per heavy atom. The number of carbonyl (C=O) groups is 1. The molecule has 0 saturated carbocycles. The first kappa shape index (κ1) is 15.1. The van der Waals surface area contributed by atoms with Gasteiger partial charge < -0.3 is 15.6 Å². The Hall–Kier alpha value is -2.33. The van der Waals surface area contributed by atoms with E-state index in [1.807, 2.05) is 36.4 Å². The number of benzene rings is 2. The smallest absolute Gasteiger partial charge is 0.250 e. The van der Waals surface area contributed by atoms with Crippen molar-refractivity contribution in [3.63, 3.8) is 0 Å². The fraction of sp³-hybridized carbons (Fsp3) is 0.235. The van der Waals surface area contributed by atoms with Gasteiger partial charge in [0.1, 0.15) is 12.4 Å². The summed E-state index contributed by atoms with van der Waals surface area (Å²) in [6.45, 7) is 2.34. The van der Waals surface area contributed by atoms with E-state index in [2.05, 4.69) is 6.92 Å². The molecule has 0 aromatic heterocycles. The van der Waals surface area contributed by atoms with E-state index >= 15 is 0 Å². The van der Waals surface area contributed by atoms with E-state index in [1.165, 1.54) is 0 Å². The minimum atomic E-state index is -1.31. The van der Waals surface area contributed by atoms with Crippen LogP contribution < -0.4 is 10.5 Å². The van der Waals surface area contributed by atoms with Gasteiger partial charge in [0.25, 0.3) is 5.91 Å². The van der Waals surface area contributed by atoms with Crippen LogP contribution in [0.3, 0.4) is 0 Å². The van der Waals surface area contributed by atoms with E-state index in [4.69, 9.17) is 10.5 Å². The number of ether oxygens (including phenoxy) is 1. The van der Waals surface area contributed by atoms with E-state index < -0.39 is 12.0 Å². The first-order valence-corrected chi connectivity index (χ1v) is 6.89. The first-order chi connectivity index (χ1) is 10.1. The molecule has 0 aliphatic rings. The van der Waals surface area contributed by atoms with Crippen LogP contribution in [-0.2, 0) is 17.8 Å². The molecule has 4 heteroatoms. The molecular weight excluding hydrogens is 266 g/mol. The molecule has 0 fully saturated rings. The van der Waals surface area contributed by atoms with Crippen molar-refractivity contribution in [3.8, 4) is 5.75 Å². The maximum Gasteiger partial charge on any atom is 0.250 e. The van der Waals surface area contributed by atoms with Crippen molar-refractivity contribution in [1.82, 2.24) is 0 Å². The number of rotatable bonds is 6. The normalized spacial score (nSPS) is 11.9. The molecule has 1 unspecified atom stereocenters. The molecule has 0 aliphatic carbocycles. The highest BCUT2D eigenvalue weighted by Gasteiger charge is 2.17. The van der Waals surface area contributed by atoms with Gasteiger partial charge in [-0.15, -0.1) is 0 Å². The van der Waals surface area contributed by atoms with Crippen LogP contribution >= 0.6 is 0 Å². The van der Waals surface area contributed by atoms with E-state index in [1.54, 1.807) is 12.1 Å². The van der Waals surface area contributed by atoms with Gasteiger partial charge in [-0.25, -0.2) is 0 Å². The summed E-state index contributed by atoms with van der Waals surface area (Å²) in [7, 11) is 0. The Kier molecular flexibility index (Phi) is 4.95. The van der Waals surface area contributed by atoms with Crippen molar-refractivity contribution in [2.75, 3.05) is 0 Å². The molecule has 0 bridgehead atoms. The van der Waals surface area contributed by atoms with Gasteiger partial charge in [-0.3, -0.25) is 4.79 Å². The molecule has 110 valence electrons. The monoisotopic (exact) mass is 285 g/mol. The number of amides is 1. The molecule has 1 amide bonds. The fourth-order valence-electron chi connectivity index (χ4n) is 2.18. The zero-order valence-corrected chi connectivity index (χ0v) is 12.0. The SMILES string of the molecule is CCc1ccccc1OCc1ccccc1C(O)C(N)=O. The second-order valence-electron chi connectivity index (χ2n) is 4.75. The van der Waals surface area contributed by atoms with E-state index in [0.717, 1.165) is 23.3 Å². The minimum absolute atomic E-state index is 0.275. The maximum atomic E-state index is 11.2. The quantitative estimate of drug-likeness (QED) is 0.855. The van der Waals surface area contributed by atoms with Crippen LogP contribution in [0.2, 0.25) is 0 Å². The van der Waals surface area contributed by atoms with Crippen LogP contribution in [0, 0.1) is 0 Å². The Morgan fingerprint density at radius 3 is 2.43 bits per heavy atom. The molecule has 4 nitrogen and oxygen atoms in total. The fourth-order valence-corrected chi connectivity index (χ4v) is 2.18. The third kappa shape index (κ3) is 3.61. The number of aryl methyl sites for hydroxylation is 1. The summed E-state index contributed by atoms with van der Waals surface area (Å²) in [5.41, 5.74) is 7.51. The lowest BCUT2D eigenvalue weighted by Crippen LogP contribution is -2.22. The van der Waals surface area contributed by atoms with Crippen molar-refractivity contribution >= 4 is 5.91 Å². The van der Waals surface area contributed by atoms with Crippen LogP contribution in [0.4, 0.5) is 0 Å². The summed E-state index contributed by atoms with van der Waals surface area (Å²) in [5.74, 6) is 0.0415. The van der Waals surface area contributed by atoms with Crippen LogP contribution in [-0.4, -0.2) is 11.0 Å². The molecule has 0 radical (unpaired) electrons. The van der Waals surface area contributed by atoms with E-state index in [0.29, 0.717) is 5.56 Å². The number of carbonyl (C=O) groups excluding carboxylic acids is 1. The highest BCUT2D eigenvalue weighted by molar-refractivity contribution is 5.80. The molecule has 1 atom stereocenters. The summed E-state index contributed by atoms with van der Waals surface area (Å²) in [5, 5.41) is 9.85. The van der Waals surface area contributed by atoms with Crippen LogP contribution in [0.25, 0.3) is 0 Å². The predicted molar refractivity (Wildman–Crippen MR) is 80.7 cm³/mol. The van der Waals surface area contributed by atoms with Gasteiger partial charge in [0.15, 0.2) is 6.10 Å². The van der Waals surface area contributed by atoms with Crippen molar-refractivity contribution < 1.29 is 14.6 Å². The molecule has 3 N–H and O–H groups in total. The topological polar surface area (TPSA) is 72.6 Å². The van der Waals surface area contributed by atoms with Gasteiger partial charge >= 0.3 is 0 Å². The number of nitrogens with two attached hydrogens (primary N) is 1. The molecule has 0 heterocycles. The Labute approximate surface area is 124 Å². The van der Waals surface area contributed by atoms with Crippen molar-refractivity contribution in [1.29, 1.82) is 0 Å². The molecule has 21 heavy (non-hydrogen) atoms. The van der Waals surface area contributed by atoms with Gasteiger partial charge in [0, 0.05) is 0 Å². The van der Waals surface area contributed by atoms with Crippen molar-refractivity contribution in [2.45, 2.75) is 26.1 Å². The second kappa shape index (κ2) is 6.90. The summed E-state index contributed by atoms with van der Waals surface area (Å²) >= 11 is 0. The molecule has 0 spiro atoms. The Balaban J connectivity index is 2.19. The number of aliphatic hydroxyl groups excluding tert-OH is 1. The molecule has 2 aromatic rings. The summed E-state index contributed by atoms with van der Waals surface area (Å²) in [4.78, 5) is 11.2. The second-order valence-corrected chi connectivity index (χ2v) is 4.75. The number of hydrogen-bond donors (Lipinski definition) is 2. The number of para-hydroxylation sites is 1. The van der Waals surface area contributed by atoms with Crippen LogP contribution in [0.5, 0.6) is 5.75 Å². The summed E-state index contributed by atoms with van der Waals surface area (Å²) in [6, 6.07) is 14.9. The highest BCUT2D eigenvalue weighted by atomic mass is 16.5. The first-order valence-electron chi connectivity index (χ1n) is 6.89. The van der Waals surface area contributed by atoms with Gasteiger partial charge in [-0.1, -0.05) is 49.4 Å². The van der Waals surface area contributed by atoms with E-state index in [-0.39, 0.29) is 6.61 Å². The zero-order chi connectivity index (χ0) is 15.2. The van der Waals surface area contributed by atoms with Crippen molar-refractivity contribution in [3.05, 3.63) is 65.2 Å². The lowest BCUT2D eigenvalue weighted by atomic mass is 10.0. The number of aliphatic hydroxyl groups is 1. The molecule has 0 aliphatic heterocycles. The summed E-state index contributed by atoms with van der Waals surface area (Å²) < 4.78 is 5.82. The van der Waals surface area contributed by atoms with Gasteiger partial charge in [-0.2, -0.15) is 0 Å². The van der Waals surface area contributed by atoms with Gasteiger partial charge in [-0.05, 0) is 29.2 Å². The zero-order valence-electron chi connectivity index (χ0n) is 12.0. The third-order valence-corrected chi connectivity index (χ3v) is 3.36. The predicted octanol–water partition coefficient (Wildman–Crippen LogP) is 2.35. The Bertz CT molecular complexity index is 625. The van der Waals surface area contributed by atoms with Gasteiger partial charge in [0.05, 0.1) is 0 Å². The van der Waals surface area contributed by atoms with Crippen LogP contribution in [0.15, 0.2) is 48.5 Å². The molecular formula is C17H19NO3. The third-order valence-electron chi connectivity index (χ3n) is 3.36. The number of primary amides is 1. The lowest BCUT2D eigenvalue weighted by Gasteiger charge is -2.15. The standard InChI is InChI=1S/C17H19NO3/c1-2-12-7-4-6-10-15(12)21-11-13-8-3-5-9-14(13)16(19)17(18)20/h3-10,16,19H,2,11H2,1H3,(H2,18,20). The molecule has 2 aromatic carbocycles. The summed E-state index contributed by atoms with van der Waals surface area (Å²) in [6.07, 6.45) is -0.437. The lowest BCUT2D eigenvalue weighted by molar-refractivity contribution is -0.126. The highest BCUT2D eigenvalue weighted by Crippen LogP contribution is 2.23. The largest absolute Gasteiger partial charge is 0.489 e. The Morgan fingerprint density at radius 2 is 1.76 bits per heavy atom. The number of hydrogen-bond acceptors (Lipinski definition) is 3. The minimum Gasteiger partial charge on any atom is -0.489 e. The maximum absolute atomic E-state index is 11.2. The van der Waals surface area contributed by atoms with Gasteiger partial charge in [0.2, 0.25) is 0 Å². The van der Waals surface area contributed by atoms with E-state index in [9.17, 15) is 9.90 Å². The molecule has 2 rings (SSSR count). The molecule has 0 saturated heterocycles.